The van der Waals surface area contributed by atoms with Crippen LogP contribution in [0.5, 0.6) is 0 Å². The van der Waals surface area contributed by atoms with E-state index in [-0.39, 0.29) is 6.61 Å². The van der Waals surface area contributed by atoms with Crippen molar-refractivity contribution in [1.82, 2.24) is 9.55 Å². The Balaban J connectivity index is 0.000000696. The van der Waals surface area contributed by atoms with Crippen molar-refractivity contribution in [3.63, 3.8) is 0 Å². The molecule has 0 aliphatic heterocycles. The van der Waals surface area contributed by atoms with Crippen molar-refractivity contribution in [3.8, 4) is 23.3 Å². The zero-order chi connectivity index (χ0) is 24.8. The minimum Gasteiger partial charge on any atom is -0.392 e. The van der Waals surface area contributed by atoms with Crippen LogP contribution in [0, 0.1) is 29.6 Å². The van der Waals surface area contributed by atoms with Gasteiger partial charge in [0.05, 0.1) is 30.1 Å². The highest BCUT2D eigenvalue weighted by Gasteiger charge is 2.21. The predicted octanol–water partition coefficient (Wildman–Crippen LogP) is 3.86. The van der Waals surface area contributed by atoms with E-state index in [4.69, 9.17) is 21.4 Å². The number of hydrogen-bond donors (Lipinski definition) is 2. The molecule has 33 heavy (non-hydrogen) atoms. The van der Waals surface area contributed by atoms with Crippen LogP contribution in [0.1, 0.15) is 40.6 Å². The van der Waals surface area contributed by atoms with Gasteiger partial charge < -0.3 is 9.67 Å². The monoisotopic (exact) mass is 486 g/mol. The maximum atomic E-state index is 9.84. The lowest BCUT2D eigenvalue weighted by atomic mass is 9.99. The molecule has 0 aliphatic carbocycles. The first-order chi connectivity index (χ1) is 15.5. The van der Waals surface area contributed by atoms with Crippen LogP contribution in [-0.4, -0.2) is 33.9 Å². The summed E-state index contributed by atoms with van der Waals surface area (Å²) in [7, 11) is -3.67. The topological polar surface area (TPSA) is 140 Å². The molecule has 2 heterocycles. The summed E-state index contributed by atoms with van der Waals surface area (Å²) in [5.41, 5.74) is 6.41. The van der Waals surface area contributed by atoms with Gasteiger partial charge in [-0.05, 0) is 42.7 Å². The fourth-order valence-electron chi connectivity index (χ4n) is 3.49. The third-order valence-electron chi connectivity index (χ3n) is 4.86. The largest absolute Gasteiger partial charge is 0.392 e. The molecule has 3 rings (SSSR count). The van der Waals surface area contributed by atoms with Crippen molar-refractivity contribution >= 4 is 21.7 Å². The Kier molecular flexibility index (Phi) is 8.75. The van der Waals surface area contributed by atoms with E-state index in [1.165, 1.54) is 0 Å². The number of hydrogen-bond acceptors (Lipinski definition) is 6. The highest BCUT2D eigenvalue weighted by atomic mass is 35.5. The molecule has 2 N–H and O–H groups in total. The normalized spacial score (nSPS) is 10.7. The first kappa shape index (κ1) is 26.0. The lowest BCUT2D eigenvalue weighted by Gasteiger charge is -2.12. The first-order valence-electron chi connectivity index (χ1n) is 9.83. The van der Waals surface area contributed by atoms with Crippen molar-refractivity contribution in [3.05, 3.63) is 75.3 Å². The second-order valence-electron chi connectivity index (χ2n) is 7.21. The average Bonchev–Trinajstić information content (AvgIpc) is 3.04. The summed E-state index contributed by atoms with van der Waals surface area (Å²) in [4.78, 5) is 4.15. The summed E-state index contributed by atoms with van der Waals surface area (Å²) in [6, 6.07) is 13.6. The Labute approximate surface area is 198 Å². The molecule has 0 atom stereocenters. The Hall–Kier alpha value is -3.21. The van der Waals surface area contributed by atoms with E-state index in [0.29, 0.717) is 41.1 Å². The number of benzene rings is 1. The molecule has 2 aromatic heterocycles. The Morgan fingerprint density at radius 2 is 1.79 bits per heavy atom. The molecule has 8 nitrogen and oxygen atoms in total. The smallest absolute Gasteiger partial charge is 0.261 e. The molecular weight excluding hydrogens is 464 g/mol. The summed E-state index contributed by atoms with van der Waals surface area (Å²) >= 11 is 6.00. The molecule has 0 radical (unpaired) electrons. The van der Waals surface area contributed by atoms with Crippen molar-refractivity contribution in [1.29, 1.82) is 10.5 Å². The van der Waals surface area contributed by atoms with Crippen LogP contribution < -0.4 is 0 Å². The zero-order valence-electron chi connectivity index (χ0n) is 18.4. The number of aromatic nitrogens is 2. The van der Waals surface area contributed by atoms with Crippen molar-refractivity contribution in [2.75, 3.05) is 6.26 Å². The number of nitrogens with zero attached hydrogens (tertiary/aromatic N) is 4. The number of nitriles is 2. The highest BCUT2D eigenvalue weighted by molar-refractivity contribution is 7.85. The van der Waals surface area contributed by atoms with Gasteiger partial charge in [0.1, 0.15) is 11.2 Å². The summed E-state index contributed by atoms with van der Waals surface area (Å²) in [5.74, 6) is 0. The third kappa shape index (κ3) is 6.64. The molecule has 0 aliphatic rings. The van der Waals surface area contributed by atoms with Gasteiger partial charge in [-0.1, -0.05) is 30.7 Å². The Morgan fingerprint density at radius 3 is 2.27 bits per heavy atom. The van der Waals surface area contributed by atoms with Gasteiger partial charge in [0, 0.05) is 35.3 Å². The van der Waals surface area contributed by atoms with Crippen LogP contribution in [0.15, 0.2) is 36.5 Å². The molecule has 0 fully saturated rings. The van der Waals surface area contributed by atoms with Gasteiger partial charge in [-0.25, -0.2) is 4.98 Å². The van der Waals surface area contributed by atoms with Crippen LogP contribution >= 0.6 is 11.6 Å². The van der Waals surface area contributed by atoms with Crippen LogP contribution in [0.4, 0.5) is 0 Å². The van der Waals surface area contributed by atoms with Gasteiger partial charge in [0.2, 0.25) is 0 Å². The number of aliphatic hydroxyl groups is 1. The Bertz CT molecular complexity index is 1330. The van der Waals surface area contributed by atoms with Crippen LogP contribution in [0.2, 0.25) is 5.15 Å². The maximum Gasteiger partial charge on any atom is 0.261 e. The van der Waals surface area contributed by atoms with Gasteiger partial charge in [0.15, 0.2) is 0 Å². The second-order valence-corrected chi connectivity index (χ2v) is 9.03. The molecule has 172 valence electrons. The number of pyridine rings is 1. The minimum absolute atomic E-state index is 0.176. The van der Waals surface area contributed by atoms with E-state index < -0.39 is 10.1 Å². The molecule has 0 amide bonds. The molecule has 0 bridgehead atoms. The highest BCUT2D eigenvalue weighted by Crippen LogP contribution is 2.33. The van der Waals surface area contributed by atoms with Gasteiger partial charge in [-0.2, -0.15) is 18.9 Å². The maximum absolute atomic E-state index is 9.84. The number of halogens is 1. The molecule has 10 heteroatoms. The van der Waals surface area contributed by atoms with Crippen LogP contribution in [0.3, 0.4) is 0 Å². The molecular formula is C23H23ClN4O4S. The second kappa shape index (κ2) is 11.1. The van der Waals surface area contributed by atoms with Crippen LogP contribution in [-0.2, 0) is 29.7 Å². The van der Waals surface area contributed by atoms with E-state index in [1.54, 1.807) is 18.3 Å². The van der Waals surface area contributed by atoms with Gasteiger partial charge in [-0.15, -0.1) is 0 Å². The van der Waals surface area contributed by atoms with Gasteiger partial charge >= 0.3 is 0 Å². The standard InChI is InChI=1S/C22H19ClN4O.CH4O3S/c1-3-20-19(10-25)21(17-6-4-15(9-24)5-7-17)14(2)27(20)12-16-8-18(13-28)22(23)26-11-16;1-5(2,3)4/h4-8,11,28H,3,12-13H2,1-2H3;1H3,(H,2,3,4). The van der Waals surface area contributed by atoms with E-state index in [0.717, 1.165) is 28.1 Å². The molecule has 0 saturated heterocycles. The quantitative estimate of drug-likeness (QED) is 0.412. The molecule has 0 unspecified atom stereocenters. The van der Waals surface area contributed by atoms with E-state index in [1.807, 2.05) is 32.0 Å². The summed E-state index contributed by atoms with van der Waals surface area (Å²) in [5, 5.41) is 28.6. The molecule has 1 aromatic carbocycles. The molecule has 0 spiro atoms. The summed E-state index contributed by atoms with van der Waals surface area (Å²) in [6.07, 6.45) is 3.11. The number of aliphatic hydroxyl groups excluding tert-OH is 1. The summed E-state index contributed by atoms with van der Waals surface area (Å²) < 4.78 is 28.0. The zero-order valence-corrected chi connectivity index (χ0v) is 19.9. The van der Waals surface area contributed by atoms with E-state index >= 15 is 0 Å². The average molecular weight is 487 g/mol. The van der Waals surface area contributed by atoms with Gasteiger partial charge in [0.25, 0.3) is 10.1 Å². The lowest BCUT2D eigenvalue weighted by molar-refractivity contribution is 0.281. The fourth-order valence-corrected chi connectivity index (χ4v) is 3.65. The predicted molar refractivity (Wildman–Crippen MR) is 125 cm³/mol. The van der Waals surface area contributed by atoms with E-state index in [9.17, 15) is 18.8 Å². The van der Waals surface area contributed by atoms with E-state index in [2.05, 4.69) is 21.7 Å². The first-order valence-corrected chi connectivity index (χ1v) is 12.1. The minimum atomic E-state index is -3.67. The van der Waals surface area contributed by atoms with Crippen molar-refractivity contribution in [2.45, 2.75) is 33.4 Å². The summed E-state index contributed by atoms with van der Waals surface area (Å²) in [6.45, 7) is 4.36. The number of rotatable bonds is 5. The van der Waals surface area contributed by atoms with Crippen LogP contribution in [0.25, 0.3) is 11.1 Å². The molecule has 3 aromatic rings. The SMILES string of the molecule is CCc1c(C#N)c(-c2ccc(C#N)cc2)c(C)n1Cc1cnc(Cl)c(CO)c1.CS(=O)(=O)O. The fraction of sp³-hybridized carbons (Fsp3) is 0.261. The van der Waals surface area contributed by atoms with Crippen molar-refractivity contribution < 1.29 is 18.1 Å². The van der Waals surface area contributed by atoms with Crippen molar-refractivity contribution in [2.24, 2.45) is 0 Å². The lowest BCUT2D eigenvalue weighted by Crippen LogP contribution is -2.07. The Morgan fingerprint density at radius 1 is 1.18 bits per heavy atom. The van der Waals surface area contributed by atoms with Gasteiger partial charge in [-0.3, -0.25) is 4.55 Å². The third-order valence-corrected chi connectivity index (χ3v) is 5.20. The molecule has 0 saturated carbocycles.